The van der Waals surface area contributed by atoms with Crippen LogP contribution in [0.4, 0.5) is 0 Å². The van der Waals surface area contributed by atoms with E-state index in [1.54, 1.807) is 6.08 Å². The van der Waals surface area contributed by atoms with Crippen LogP contribution in [-0.4, -0.2) is 37.8 Å². The molecule has 16 heavy (non-hydrogen) atoms. The summed E-state index contributed by atoms with van der Waals surface area (Å²) in [7, 11) is 0. The lowest BCUT2D eigenvalue weighted by atomic mass is 10.00. The van der Waals surface area contributed by atoms with Crippen LogP contribution in [0.2, 0.25) is 0 Å². The van der Waals surface area contributed by atoms with Gasteiger partial charge in [-0.1, -0.05) is 12.2 Å². The molecule has 2 aliphatic rings. The van der Waals surface area contributed by atoms with Gasteiger partial charge in [-0.15, -0.1) is 0 Å². The highest BCUT2D eigenvalue weighted by molar-refractivity contribution is 7.79. The van der Waals surface area contributed by atoms with Crippen LogP contribution in [-0.2, 0) is 20.7 Å². The molecule has 2 amide bonds. The Labute approximate surface area is 95.1 Å². The average molecular weight is 241 g/mol. The van der Waals surface area contributed by atoms with Gasteiger partial charge in [-0.25, -0.2) is 4.21 Å². The first-order valence-corrected chi connectivity index (χ1v) is 6.22. The molecule has 0 bridgehead atoms. The van der Waals surface area contributed by atoms with Crippen molar-refractivity contribution in [2.45, 2.75) is 12.8 Å². The number of rotatable bonds is 3. The zero-order chi connectivity index (χ0) is 11.7. The van der Waals surface area contributed by atoms with Crippen LogP contribution in [0.1, 0.15) is 12.8 Å². The first-order chi connectivity index (χ1) is 7.61. The summed E-state index contributed by atoms with van der Waals surface area (Å²) in [5.41, 5.74) is 0.983. The van der Waals surface area contributed by atoms with E-state index in [4.69, 9.17) is 4.55 Å². The lowest BCUT2D eigenvalue weighted by Gasteiger charge is -2.12. The molecule has 0 saturated carbocycles. The van der Waals surface area contributed by atoms with Crippen LogP contribution in [0, 0.1) is 0 Å². The predicted octanol–water partition coefficient (Wildman–Crippen LogP) is 0.223. The first-order valence-electron chi connectivity index (χ1n) is 4.94. The minimum atomic E-state index is -1.98. The highest BCUT2D eigenvalue weighted by atomic mass is 32.2. The molecule has 1 unspecified atom stereocenters. The van der Waals surface area contributed by atoms with Crippen molar-refractivity contribution < 1.29 is 18.4 Å². The number of allylic oxidation sites excluding steroid dienone is 1. The smallest absolute Gasteiger partial charge is 0.261 e. The third-order valence-electron chi connectivity index (χ3n) is 2.64. The van der Waals surface area contributed by atoms with E-state index in [-0.39, 0.29) is 24.1 Å². The summed E-state index contributed by atoms with van der Waals surface area (Å²) >= 11 is -1.98. The minimum Gasteiger partial charge on any atom is -0.306 e. The topological polar surface area (TPSA) is 74.7 Å². The number of hydrogen-bond acceptors (Lipinski definition) is 3. The second-order valence-electron chi connectivity index (χ2n) is 3.62. The second kappa shape index (κ2) is 4.31. The van der Waals surface area contributed by atoms with Crippen LogP contribution in [0.25, 0.3) is 0 Å². The molecule has 5 nitrogen and oxygen atoms in total. The van der Waals surface area contributed by atoms with Gasteiger partial charge >= 0.3 is 0 Å². The Balaban J connectivity index is 2.16. The van der Waals surface area contributed by atoms with Crippen molar-refractivity contribution in [1.29, 1.82) is 0 Å². The Morgan fingerprint density at radius 3 is 2.75 bits per heavy atom. The molecule has 1 heterocycles. The van der Waals surface area contributed by atoms with Gasteiger partial charge < -0.3 is 4.55 Å². The van der Waals surface area contributed by atoms with E-state index in [0.717, 1.165) is 11.3 Å². The molecule has 2 rings (SSSR count). The summed E-state index contributed by atoms with van der Waals surface area (Å²) in [5, 5.41) is 0. The maximum Gasteiger partial charge on any atom is 0.261 e. The third kappa shape index (κ3) is 1.85. The predicted molar refractivity (Wildman–Crippen MR) is 57.8 cm³/mol. The Bertz CT molecular complexity index is 438. The molecule has 6 heteroatoms. The Morgan fingerprint density at radius 2 is 2.12 bits per heavy atom. The fourth-order valence-corrected chi connectivity index (χ4v) is 2.20. The maximum atomic E-state index is 11.8. The van der Waals surface area contributed by atoms with Crippen molar-refractivity contribution in [3.05, 3.63) is 23.3 Å². The fourth-order valence-electron chi connectivity index (χ4n) is 1.86. The lowest BCUT2D eigenvalue weighted by molar-refractivity contribution is -0.137. The van der Waals surface area contributed by atoms with Gasteiger partial charge in [-0.2, -0.15) is 0 Å². The van der Waals surface area contributed by atoms with Crippen molar-refractivity contribution in [2.75, 3.05) is 12.3 Å². The van der Waals surface area contributed by atoms with E-state index < -0.39 is 11.1 Å². The summed E-state index contributed by atoms with van der Waals surface area (Å²) in [5.74, 6) is -0.752. The quantitative estimate of drug-likeness (QED) is 0.566. The van der Waals surface area contributed by atoms with E-state index in [0.29, 0.717) is 17.6 Å². The zero-order valence-electron chi connectivity index (χ0n) is 8.51. The Hall–Kier alpha value is -1.27. The first kappa shape index (κ1) is 11.2. The minimum absolute atomic E-state index is 0.00160. The summed E-state index contributed by atoms with van der Waals surface area (Å²) in [4.78, 5) is 24.6. The maximum absolute atomic E-state index is 11.8. The van der Waals surface area contributed by atoms with Crippen LogP contribution in [0.15, 0.2) is 23.3 Å². The van der Waals surface area contributed by atoms with Gasteiger partial charge in [0.05, 0.1) is 5.75 Å². The van der Waals surface area contributed by atoms with Crippen molar-refractivity contribution in [3.8, 4) is 0 Å². The van der Waals surface area contributed by atoms with Crippen molar-refractivity contribution in [1.82, 2.24) is 4.90 Å². The molecule has 1 N–H and O–H groups in total. The number of carbonyl (C=O) groups is 2. The molecule has 0 spiro atoms. The molecule has 0 fully saturated rings. The van der Waals surface area contributed by atoms with E-state index in [9.17, 15) is 13.8 Å². The van der Waals surface area contributed by atoms with Gasteiger partial charge in [0.25, 0.3) is 11.8 Å². The average Bonchev–Trinajstić information content (AvgIpc) is 2.50. The van der Waals surface area contributed by atoms with Gasteiger partial charge in [-0.3, -0.25) is 14.5 Å². The van der Waals surface area contributed by atoms with E-state index in [2.05, 4.69) is 0 Å². The number of carbonyl (C=O) groups excluding carboxylic acids is 2. The highest BCUT2D eigenvalue weighted by Gasteiger charge is 2.37. The zero-order valence-corrected chi connectivity index (χ0v) is 9.33. The molecular formula is C10H11NO4S. The number of imide groups is 1. The molecule has 86 valence electrons. The number of hydrogen-bond donors (Lipinski definition) is 1. The van der Waals surface area contributed by atoms with Crippen LogP contribution < -0.4 is 0 Å². The molecule has 0 saturated heterocycles. The second-order valence-corrected chi connectivity index (χ2v) is 4.67. The normalized spacial score (nSPS) is 21.7. The van der Waals surface area contributed by atoms with Crippen LogP contribution in [0.5, 0.6) is 0 Å². The Kier molecular flexibility index (Phi) is 3.02. The van der Waals surface area contributed by atoms with Gasteiger partial charge in [0, 0.05) is 17.7 Å². The molecular weight excluding hydrogens is 230 g/mol. The van der Waals surface area contributed by atoms with Gasteiger partial charge in [0.15, 0.2) is 11.1 Å². The summed E-state index contributed by atoms with van der Waals surface area (Å²) in [6.45, 7) is 0.00160. The van der Waals surface area contributed by atoms with Crippen LogP contribution in [0.3, 0.4) is 0 Å². The SMILES string of the molecule is O=C1C2=C(CCC=C2)C(=O)N1CCS(=O)O. The monoisotopic (exact) mass is 241 g/mol. The highest BCUT2D eigenvalue weighted by Crippen LogP contribution is 2.28. The molecule has 1 aliphatic heterocycles. The number of amides is 2. The molecule has 0 aromatic rings. The van der Waals surface area contributed by atoms with Crippen molar-refractivity contribution >= 4 is 22.9 Å². The van der Waals surface area contributed by atoms with Gasteiger partial charge in [0.2, 0.25) is 0 Å². The molecule has 1 aliphatic carbocycles. The summed E-state index contributed by atoms with van der Waals surface area (Å²) in [6, 6.07) is 0. The fraction of sp³-hybridized carbons (Fsp3) is 0.400. The van der Waals surface area contributed by atoms with Gasteiger partial charge in [-0.05, 0) is 12.8 Å². The molecule has 0 radical (unpaired) electrons. The Morgan fingerprint density at radius 1 is 1.38 bits per heavy atom. The van der Waals surface area contributed by atoms with E-state index in [1.165, 1.54) is 0 Å². The van der Waals surface area contributed by atoms with E-state index in [1.807, 2.05) is 6.08 Å². The largest absolute Gasteiger partial charge is 0.306 e. The van der Waals surface area contributed by atoms with Crippen LogP contribution >= 0.6 is 0 Å². The summed E-state index contributed by atoms with van der Waals surface area (Å²) in [6.07, 6.45) is 4.86. The molecule has 0 aromatic carbocycles. The van der Waals surface area contributed by atoms with Crippen molar-refractivity contribution in [2.24, 2.45) is 0 Å². The third-order valence-corrected chi connectivity index (χ3v) is 3.17. The van der Waals surface area contributed by atoms with Crippen molar-refractivity contribution in [3.63, 3.8) is 0 Å². The standard InChI is InChI=1S/C10H11NO4S/c12-9-7-3-1-2-4-8(7)10(13)11(9)5-6-16(14)15/h1,3H,2,4-6H2,(H,14,15). The lowest BCUT2D eigenvalue weighted by Crippen LogP contribution is -2.34. The number of nitrogens with zero attached hydrogens (tertiary/aromatic N) is 1. The van der Waals surface area contributed by atoms with E-state index >= 15 is 0 Å². The molecule has 0 aromatic heterocycles. The molecule has 1 atom stereocenters. The summed E-state index contributed by atoms with van der Waals surface area (Å²) < 4.78 is 19.2. The van der Waals surface area contributed by atoms with Gasteiger partial charge in [0.1, 0.15) is 0 Å².